The third-order valence-electron chi connectivity index (χ3n) is 2.94. The molecule has 1 heteroatoms. The summed E-state index contributed by atoms with van der Waals surface area (Å²) in [5, 5.41) is 0. The van der Waals surface area contributed by atoms with Gasteiger partial charge in [0.25, 0.3) is 0 Å². The zero-order chi connectivity index (χ0) is 10.7. The van der Waals surface area contributed by atoms with Gasteiger partial charge in [0.05, 0.1) is 0 Å². The van der Waals surface area contributed by atoms with Crippen LogP contribution in [-0.4, -0.2) is 0 Å². The molecule has 14 heavy (non-hydrogen) atoms. The van der Waals surface area contributed by atoms with Gasteiger partial charge in [-0.05, 0) is 12.5 Å². The van der Waals surface area contributed by atoms with E-state index in [9.17, 15) is 0 Å². The molecule has 0 fully saturated rings. The fourth-order valence-electron chi connectivity index (χ4n) is 2.35. The minimum absolute atomic E-state index is 0.663. The van der Waals surface area contributed by atoms with Gasteiger partial charge in [0, 0.05) is 38.8 Å². The number of aryl methyl sites for hydroxylation is 3. The number of hydrogen-bond donors (Lipinski definition) is 0. The van der Waals surface area contributed by atoms with Crippen molar-refractivity contribution in [2.45, 2.75) is 53.5 Å². The highest BCUT2D eigenvalue weighted by molar-refractivity contribution is 5.13. The maximum Gasteiger partial charge on any atom is 0.178 e. The number of pyridine rings is 1. The quantitative estimate of drug-likeness (QED) is 0.647. The normalized spacial score (nSPS) is 11.0. The van der Waals surface area contributed by atoms with Crippen LogP contribution in [0.15, 0.2) is 12.1 Å². The second-order valence-corrected chi connectivity index (χ2v) is 4.16. The molecule has 0 saturated carbocycles. The third-order valence-corrected chi connectivity index (χ3v) is 2.94. The van der Waals surface area contributed by atoms with Crippen molar-refractivity contribution >= 4 is 0 Å². The number of aromatic nitrogens is 1. The van der Waals surface area contributed by atoms with Crippen LogP contribution in [0.3, 0.4) is 0 Å². The summed E-state index contributed by atoms with van der Waals surface area (Å²) < 4.78 is 2.47. The van der Waals surface area contributed by atoms with E-state index in [2.05, 4.69) is 51.3 Å². The predicted molar refractivity (Wildman–Crippen MR) is 60.5 cm³/mol. The molecule has 0 radical (unpaired) electrons. The molecule has 1 heterocycles. The zero-order valence-corrected chi connectivity index (χ0v) is 10.1. The Labute approximate surface area is 87.8 Å². The fraction of sp³-hybridized carbons (Fsp3) is 0.615. The summed E-state index contributed by atoms with van der Waals surface area (Å²) in [5.41, 5.74) is 4.13. The van der Waals surface area contributed by atoms with Crippen molar-refractivity contribution in [1.29, 1.82) is 0 Å². The van der Waals surface area contributed by atoms with Crippen LogP contribution in [-0.2, 0) is 0 Å². The fourth-order valence-corrected chi connectivity index (χ4v) is 2.35. The van der Waals surface area contributed by atoms with Crippen molar-refractivity contribution in [2.24, 2.45) is 0 Å². The molecular formula is C13H22N+. The molecule has 0 atom stereocenters. The van der Waals surface area contributed by atoms with Crippen molar-refractivity contribution in [3.05, 3.63) is 29.1 Å². The Balaban J connectivity index is 3.19. The lowest BCUT2D eigenvalue weighted by Crippen LogP contribution is -2.44. The summed E-state index contributed by atoms with van der Waals surface area (Å²) in [7, 11) is 0. The first-order valence-corrected chi connectivity index (χ1v) is 5.59. The molecule has 78 valence electrons. The van der Waals surface area contributed by atoms with Crippen LogP contribution < -0.4 is 4.57 Å². The van der Waals surface area contributed by atoms with Crippen LogP contribution in [0, 0.1) is 20.8 Å². The molecule has 0 aromatic carbocycles. The Hall–Kier alpha value is -0.850. The number of rotatable bonds is 3. The Morgan fingerprint density at radius 3 is 1.79 bits per heavy atom. The second-order valence-electron chi connectivity index (χ2n) is 4.16. The van der Waals surface area contributed by atoms with E-state index in [1.165, 1.54) is 29.8 Å². The maximum atomic E-state index is 2.47. The van der Waals surface area contributed by atoms with Gasteiger partial charge >= 0.3 is 0 Å². The molecular weight excluding hydrogens is 170 g/mol. The van der Waals surface area contributed by atoms with E-state index in [0.717, 1.165) is 0 Å². The molecule has 0 saturated heterocycles. The average molecular weight is 192 g/mol. The second kappa shape index (κ2) is 4.59. The van der Waals surface area contributed by atoms with E-state index in [1.807, 2.05) is 0 Å². The highest BCUT2D eigenvalue weighted by Gasteiger charge is 2.19. The van der Waals surface area contributed by atoms with Crippen molar-refractivity contribution in [2.75, 3.05) is 0 Å². The Morgan fingerprint density at radius 2 is 1.43 bits per heavy atom. The Bertz CT molecular complexity index is 288. The zero-order valence-electron chi connectivity index (χ0n) is 10.1. The molecule has 0 spiro atoms. The van der Waals surface area contributed by atoms with E-state index in [4.69, 9.17) is 0 Å². The number of hydrogen-bond acceptors (Lipinski definition) is 0. The van der Waals surface area contributed by atoms with E-state index >= 15 is 0 Å². The van der Waals surface area contributed by atoms with Crippen LogP contribution in [0.5, 0.6) is 0 Å². The van der Waals surface area contributed by atoms with E-state index in [0.29, 0.717) is 6.04 Å². The molecule has 0 aliphatic heterocycles. The largest absolute Gasteiger partial charge is 0.198 e. The lowest BCUT2D eigenvalue weighted by molar-refractivity contribution is -0.734. The minimum Gasteiger partial charge on any atom is -0.198 e. The van der Waals surface area contributed by atoms with Crippen LogP contribution in [0.2, 0.25) is 0 Å². The summed E-state index contributed by atoms with van der Waals surface area (Å²) in [5.74, 6) is 0. The highest BCUT2D eigenvalue weighted by atomic mass is 15.0. The molecule has 0 aliphatic rings. The highest BCUT2D eigenvalue weighted by Crippen LogP contribution is 2.12. The van der Waals surface area contributed by atoms with Gasteiger partial charge < -0.3 is 0 Å². The van der Waals surface area contributed by atoms with Crippen LogP contribution >= 0.6 is 0 Å². The van der Waals surface area contributed by atoms with Gasteiger partial charge in [-0.2, -0.15) is 4.57 Å². The van der Waals surface area contributed by atoms with Crippen LogP contribution in [0.1, 0.15) is 49.7 Å². The summed E-state index contributed by atoms with van der Waals surface area (Å²) in [6, 6.07) is 5.20. The van der Waals surface area contributed by atoms with E-state index < -0.39 is 0 Å². The molecule has 1 aromatic heterocycles. The monoisotopic (exact) mass is 192 g/mol. The first-order chi connectivity index (χ1) is 6.60. The standard InChI is InChI=1S/C13H22N/c1-6-13(7-2)14-11(4)8-10(3)9-12(14)5/h8-9,13H,6-7H2,1-5H3/q+1. The molecule has 0 unspecified atom stereocenters. The van der Waals surface area contributed by atoms with Crippen molar-refractivity contribution in [3.63, 3.8) is 0 Å². The summed E-state index contributed by atoms with van der Waals surface area (Å²) in [6.45, 7) is 11.1. The minimum atomic E-state index is 0.663. The van der Waals surface area contributed by atoms with Crippen molar-refractivity contribution < 1.29 is 4.57 Å². The van der Waals surface area contributed by atoms with Gasteiger partial charge in [-0.1, -0.05) is 13.8 Å². The molecule has 0 amide bonds. The van der Waals surface area contributed by atoms with Crippen molar-refractivity contribution in [3.8, 4) is 0 Å². The molecule has 0 aliphatic carbocycles. The average Bonchev–Trinajstić information content (AvgIpc) is 2.10. The van der Waals surface area contributed by atoms with Gasteiger partial charge in [0.1, 0.15) is 0 Å². The van der Waals surface area contributed by atoms with Gasteiger partial charge in [-0.25, -0.2) is 0 Å². The summed E-state index contributed by atoms with van der Waals surface area (Å²) >= 11 is 0. The molecule has 1 nitrogen and oxygen atoms in total. The molecule has 0 N–H and O–H groups in total. The number of nitrogens with zero attached hydrogens (tertiary/aromatic N) is 1. The predicted octanol–water partition coefficient (Wildman–Crippen LogP) is 3.26. The van der Waals surface area contributed by atoms with Crippen LogP contribution in [0.25, 0.3) is 0 Å². The van der Waals surface area contributed by atoms with E-state index in [1.54, 1.807) is 0 Å². The molecule has 1 rings (SSSR count). The first-order valence-electron chi connectivity index (χ1n) is 5.59. The molecule has 0 bridgehead atoms. The summed E-state index contributed by atoms with van der Waals surface area (Å²) in [4.78, 5) is 0. The smallest absolute Gasteiger partial charge is 0.178 e. The lowest BCUT2D eigenvalue weighted by Gasteiger charge is -2.13. The SMILES string of the molecule is CCC(CC)[n+]1c(C)cc(C)cc1C. The maximum absolute atomic E-state index is 2.47. The van der Waals surface area contributed by atoms with Crippen molar-refractivity contribution in [1.82, 2.24) is 0 Å². The molecule has 1 aromatic rings. The topological polar surface area (TPSA) is 3.88 Å². The third kappa shape index (κ3) is 2.14. The van der Waals surface area contributed by atoms with Crippen LogP contribution in [0.4, 0.5) is 0 Å². The summed E-state index contributed by atoms with van der Waals surface area (Å²) in [6.07, 6.45) is 2.43. The first kappa shape index (κ1) is 11.2. The van der Waals surface area contributed by atoms with Gasteiger partial charge in [-0.15, -0.1) is 0 Å². The van der Waals surface area contributed by atoms with Gasteiger partial charge in [0.2, 0.25) is 0 Å². The van der Waals surface area contributed by atoms with E-state index in [-0.39, 0.29) is 0 Å². The van der Waals surface area contributed by atoms with Gasteiger partial charge in [-0.3, -0.25) is 0 Å². The van der Waals surface area contributed by atoms with Gasteiger partial charge in [0.15, 0.2) is 17.4 Å². The Morgan fingerprint density at radius 1 is 1.00 bits per heavy atom. The Kier molecular flexibility index (Phi) is 3.68. The lowest BCUT2D eigenvalue weighted by atomic mass is 10.1.